The molecule has 1 aromatic carbocycles. The number of methoxy groups -OCH3 is 2. The highest BCUT2D eigenvalue weighted by molar-refractivity contribution is 7.99. The molecule has 178 valence electrons. The lowest BCUT2D eigenvalue weighted by molar-refractivity contribution is 0.343. The van der Waals surface area contributed by atoms with E-state index in [-0.39, 0.29) is 0 Å². The topological polar surface area (TPSA) is 76.7 Å². The number of hydrogen-bond donors (Lipinski definition) is 1. The number of nitrogen functional groups attached to an aromatic ring is 1. The van der Waals surface area contributed by atoms with Gasteiger partial charge in [-0.15, -0.1) is 11.8 Å². The van der Waals surface area contributed by atoms with E-state index in [1.165, 1.54) is 69.7 Å². The maximum Gasteiger partial charge on any atom is 0.227 e. The summed E-state index contributed by atoms with van der Waals surface area (Å²) in [6, 6.07) is 3.69. The van der Waals surface area contributed by atoms with Crippen LogP contribution >= 0.6 is 11.8 Å². The van der Waals surface area contributed by atoms with Crippen LogP contribution in [0.2, 0.25) is 0 Å². The zero-order chi connectivity index (χ0) is 22.8. The fourth-order valence-corrected chi connectivity index (χ4v) is 5.14. The minimum Gasteiger partial charge on any atom is -0.493 e. The van der Waals surface area contributed by atoms with E-state index in [4.69, 9.17) is 20.2 Å². The lowest BCUT2D eigenvalue weighted by Crippen LogP contribution is -2.21. The van der Waals surface area contributed by atoms with Crippen molar-refractivity contribution in [2.24, 2.45) is 0 Å². The van der Waals surface area contributed by atoms with Crippen LogP contribution in [0.25, 0.3) is 10.9 Å². The molecule has 0 aliphatic carbocycles. The Kier molecular flexibility index (Phi) is 9.99. The Balaban J connectivity index is 1.35. The van der Waals surface area contributed by atoms with Gasteiger partial charge in [0.05, 0.1) is 19.7 Å². The molecular weight excluding hydrogens is 422 g/mol. The van der Waals surface area contributed by atoms with Gasteiger partial charge >= 0.3 is 0 Å². The average Bonchev–Trinajstić information content (AvgIpc) is 3.32. The second-order valence-corrected chi connectivity index (χ2v) is 9.61. The summed E-state index contributed by atoms with van der Waals surface area (Å²) in [6.07, 6.45) is 10.5. The van der Waals surface area contributed by atoms with Gasteiger partial charge in [0, 0.05) is 43.2 Å². The predicted molar refractivity (Wildman–Crippen MR) is 136 cm³/mol. The fraction of sp³-hybridized carbons (Fsp3) is 0.667. The lowest BCUT2D eigenvalue weighted by Gasteiger charge is -2.18. The van der Waals surface area contributed by atoms with Gasteiger partial charge in [-0.05, 0) is 25.5 Å². The number of anilines is 2. The molecule has 1 aliphatic rings. The van der Waals surface area contributed by atoms with Crippen molar-refractivity contribution in [3.63, 3.8) is 0 Å². The molecule has 2 heterocycles. The maximum atomic E-state index is 6.21. The summed E-state index contributed by atoms with van der Waals surface area (Å²) in [5.41, 5.74) is 6.98. The summed E-state index contributed by atoms with van der Waals surface area (Å²) in [5.74, 6) is 4.94. The van der Waals surface area contributed by atoms with Gasteiger partial charge in [-0.3, -0.25) is 4.90 Å². The molecule has 7 nitrogen and oxygen atoms in total. The van der Waals surface area contributed by atoms with Gasteiger partial charge in [-0.25, -0.2) is 4.98 Å². The zero-order valence-corrected chi connectivity index (χ0v) is 20.8. The third-order valence-corrected chi connectivity index (χ3v) is 7.12. The largest absolute Gasteiger partial charge is 0.493 e. The SMILES string of the molecule is COc1cc2nc(N(C)CCCCCCCCCCN3CCSC3)nc(N)c2cc1OC. The van der Waals surface area contributed by atoms with Gasteiger partial charge in [0.15, 0.2) is 11.5 Å². The molecule has 0 unspecified atom stereocenters. The summed E-state index contributed by atoms with van der Waals surface area (Å²) in [5, 5.41) is 0.777. The quantitative estimate of drug-likeness (QED) is 0.402. The molecule has 1 aliphatic heterocycles. The van der Waals surface area contributed by atoms with Crippen molar-refractivity contribution in [2.75, 3.05) is 63.2 Å². The van der Waals surface area contributed by atoms with Crippen LogP contribution in [-0.2, 0) is 0 Å². The molecule has 3 rings (SSSR count). The minimum absolute atomic E-state index is 0.460. The van der Waals surface area contributed by atoms with Crippen LogP contribution in [0.1, 0.15) is 51.4 Å². The summed E-state index contributed by atoms with van der Waals surface area (Å²) in [4.78, 5) is 13.9. The van der Waals surface area contributed by atoms with Crippen LogP contribution in [0, 0.1) is 0 Å². The first-order chi connectivity index (χ1) is 15.6. The van der Waals surface area contributed by atoms with Crippen molar-refractivity contribution in [2.45, 2.75) is 51.4 Å². The number of benzene rings is 1. The van der Waals surface area contributed by atoms with Gasteiger partial charge in [0.2, 0.25) is 5.95 Å². The molecule has 8 heteroatoms. The number of nitrogens with zero attached hydrogens (tertiary/aromatic N) is 4. The number of nitrogens with two attached hydrogens (primary N) is 1. The number of fused-ring (bicyclic) bond motifs is 1. The normalized spacial score (nSPS) is 14.2. The molecular formula is C24H39N5O2S. The number of rotatable bonds is 14. The predicted octanol–water partition coefficient (Wildman–Crippen LogP) is 4.79. The van der Waals surface area contributed by atoms with E-state index in [9.17, 15) is 0 Å². The van der Waals surface area contributed by atoms with Gasteiger partial charge in [-0.1, -0.05) is 38.5 Å². The molecule has 0 radical (unpaired) electrons. The lowest BCUT2D eigenvalue weighted by atomic mass is 10.1. The maximum absolute atomic E-state index is 6.21. The molecule has 0 saturated carbocycles. The first-order valence-electron chi connectivity index (χ1n) is 11.8. The van der Waals surface area contributed by atoms with Crippen molar-refractivity contribution >= 4 is 34.4 Å². The first-order valence-corrected chi connectivity index (χ1v) is 13.0. The summed E-state index contributed by atoms with van der Waals surface area (Å²) in [6.45, 7) is 3.51. The second kappa shape index (κ2) is 12.9. The molecule has 0 bridgehead atoms. The molecule has 1 fully saturated rings. The van der Waals surface area contributed by atoms with Crippen LogP contribution in [0.5, 0.6) is 11.5 Å². The number of aromatic nitrogens is 2. The Labute approximate surface area is 197 Å². The van der Waals surface area contributed by atoms with Gasteiger partial charge in [-0.2, -0.15) is 4.98 Å². The third kappa shape index (κ3) is 7.04. The van der Waals surface area contributed by atoms with Crippen LogP contribution in [0.15, 0.2) is 12.1 Å². The molecule has 1 saturated heterocycles. The van der Waals surface area contributed by atoms with Crippen LogP contribution < -0.4 is 20.1 Å². The zero-order valence-electron chi connectivity index (χ0n) is 19.9. The molecule has 32 heavy (non-hydrogen) atoms. The standard InChI is InChI=1S/C24H39N5O2S/c1-28(12-10-8-6-4-5-7-9-11-13-29-14-15-32-18-29)24-26-20-17-22(31-3)21(30-2)16-19(20)23(25)27-24/h16-17H,4-15,18H2,1-3H3,(H2,25,26,27). The van der Waals surface area contributed by atoms with Gasteiger partial charge < -0.3 is 20.1 Å². The van der Waals surface area contributed by atoms with Gasteiger partial charge in [0.1, 0.15) is 5.82 Å². The van der Waals surface area contributed by atoms with Crippen molar-refractivity contribution in [3.05, 3.63) is 12.1 Å². The highest BCUT2D eigenvalue weighted by Gasteiger charge is 2.14. The van der Waals surface area contributed by atoms with E-state index in [1.54, 1.807) is 14.2 Å². The summed E-state index contributed by atoms with van der Waals surface area (Å²) < 4.78 is 10.8. The van der Waals surface area contributed by atoms with Crippen molar-refractivity contribution in [1.82, 2.24) is 14.9 Å². The molecule has 2 aromatic rings. The fourth-order valence-electron chi connectivity index (χ4n) is 4.11. The van der Waals surface area contributed by atoms with Gasteiger partial charge in [0.25, 0.3) is 0 Å². The third-order valence-electron chi connectivity index (χ3n) is 6.10. The first kappa shape index (κ1) is 24.7. The molecule has 0 atom stereocenters. The molecule has 0 spiro atoms. The van der Waals surface area contributed by atoms with Crippen molar-refractivity contribution in [1.29, 1.82) is 0 Å². The second-order valence-electron chi connectivity index (χ2n) is 8.54. The van der Waals surface area contributed by atoms with E-state index in [1.807, 2.05) is 19.2 Å². The number of hydrogen-bond acceptors (Lipinski definition) is 8. The Bertz CT molecular complexity index is 845. The Morgan fingerprint density at radius 2 is 1.62 bits per heavy atom. The minimum atomic E-state index is 0.460. The van der Waals surface area contributed by atoms with E-state index in [0.29, 0.717) is 23.3 Å². The Morgan fingerprint density at radius 3 is 2.28 bits per heavy atom. The molecule has 0 amide bonds. The van der Waals surface area contributed by atoms with Crippen molar-refractivity contribution < 1.29 is 9.47 Å². The summed E-state index contributed by atoms with van der Waals surface area (Å²) >= 11 is 2.06. The van der Waals surface area contributed by atoms with E-state index >= 15 is 0 Å². The molecule has 1 aromatic heterocycles. The van der Waals surface area contributed by atoms with Crippen LogP contribution in [0.4, 0.5) is 11.8 Å². The van der Waals surface area contributed by atoms with Crippen LogP contribution in [-0.4, -0.2) is 67.4 Å². The van der Waals surface area contributed by atoms with Crippen molar-refractivity contribution in [3.8, 4) is 11.5 Å². The van der Waals surface area contributed by atoms with E-state index in [2.05, 4.69) is 26.5 Å². The number of ether oxygens (including phenoxy) is 2. The number of unbranched alkanes of at least 4 members (excludes halogenated alkanes) is 7. The Hall–Kier alpha value is -1.93. The summed E-state index contributed by atoms with van der Waals surface area (Å²) in [7, 11) is 5.26. The number of thioether (sulfide) groups is 1. The van der Waals surface area contributed by atoms with E-state index < -0.39 is 0 Å². The molecule has 2 N–H and O–H groups in total. The smallest absolute Gasteiger partial charge is 0.227 e. The van der Waals surface area contributed by atoms with Crippen LogP contribution in [0.3, 0.4) is 0 Å². The monoisotopic (exact) mass is 461 g/mol. The highest BCUT2D eigenvalue weighted by atomic mass is 32.2. The highest BCUT2D eigenvalue weighted by Crippen LogP contribution is 2.34. The Morgan fingerprint density at radius 1 is 0.969 bits per heavy atom. The van der Waals surface area contributed by atoms with E-state index in [0.717, 1.165) is 23.9 Å². The average molecular weight is 462 g/mol.